The number of hydrogen-bond donors (Lipinski definition) is 0. The number of carbonyl (C=O) groups excluding carboxylic acids is 1. The molecule has 31 heavy (non-hydrogen) atoms. The third-order valence-corrected chi connectivity index (χ3v) is 11.8. The van der Waals surface area contributed by atoms with Gasteiger partial charge in [-0.15, -0.1) is 0 Å². The van der Waals surface area contributed by atoms with Crippen molar-refractivity contribution in [2.24, 2.45) is 58.2 Å². The number of esters is 1. The molecule has 0 aromatic rings. The fourth-order valence-electron chi connectivity index (χ4n) is 10.3. The van der Waals surface area contributed by atoms with Crippen molar-refractivity contribution in [3.63, 3.8) is 0 Å². The van der Waals surface area contributed by atoms with Gasteiger partial charge in [-0.3, -0.25) is 4.79 Å². The molecule has 5 fully saturated rings. The maximum atomic E-state index is 12.1. The fraction of sp³-hybridized carbons (Fsp3) is 0.966. The molecule has 0 N–H and O–H groups in total. The summed E-state index contributed by atoms with van der Waals surface area (Å²) in [6.07, 6.45) is 16.3. The maximum absolute atomic E-state index is 12.1. The number of ether oxygens (including phenoxy) is 1. The first kappa shape index (κ1) is 22.3. The summed E-state index contributed by atoms with van der Waals surface area (Å²) in [5, 5.41) is 0. The van der Waals surface area contributed by atoms with Gasteiger partial charge in [0.15, 0.2) is 0 Å². The standard InChI is InChI=1S/C29H48O2/c1-18(2)7-6-8-19(3)22-11-12-23-20-9-10-24-21-17-27(30)31-26(21)14-16-29(24,5)25(20)13-15-28(22,23)4/h18-26H,6-17H2,1-5H3/t19-,20+,21+,22-,23+,24+,25+,26+,28-,29+/m1/s1. The van der Waals surface area contributed by atoms with Crippen LogP contribution in [0.4, 0.5) is 0 Å². The van der Waals surface area contributed by atoms with E-state index in [0.29, 0.717) is 23.2 Å². The average molecular weight is 429 g/mol. The van der Waals surface area contributed by atoms with Crippen molar-refractivity contribution in [1.29, 1.82) is 0 Å². The minimum Gasteiger partial charge on any atom is -0.462 e. The van der Waals surface area contributed by atoms with Crippen LogP contribution in [0.25, 0.3) is 0 Å². The summed E-state index contributed by atoms with van der Waals surface area (Å²) in [6.45, 7) is 12.7. The maximum Gasteiger partial charge on any atom is 0.306 e. The Morgan fingerprint density at radius 1 is 0.839 bits per heavy atom. The van der Waals surface area contributed by atoms with Crippen molar-refractivity contribution in [1.82, 2.24) is 0 Å². The highest BCUT2D eigenvalue weighted by Gasteiger charge is 2.63. The molecule has 0 amide bonds. The molecule has 0 spiro atoms. The van der Waals surface area contributed by atoms with Crippen molar-refractivity contribution in [3.05, 3.63) is 0 Å². The van der Waals surface area contributed by atoms with Crippen molar-refractivity contribution in [3.8, 4) is 0 Å². The van der Waals surface area contributed by atoms with E-state index >= 15 is 0 Å². The molecule has 10 atom stereocenters. The normalized spacial score (nSPS) is 49.7. The zero-order chi connectivity index (χ0) is 22.0. The van der Waals surface area contributed by atoms with E-state index in [-0.39, 0.29) is 12.1 Å². The van der Waals surface area contributed by atoms with Gasteiger partial charge in [0, 0.05) is 5.92 Å². The van der Waals surface area contributed by atoms with Crippen molar-refractivity contribution in [2.45, 2.75) is 118 Å². The molecule has 5 rings (SSSR count). The average Bonchev–Trinajstić information content (AvgIpc) is 3.26. The Bertz CT molecular complexity index is 684. The van der Waals surface area contributed by atoms with Crippen LogP contribution in [0, 0.1) is 58.2 Å². The largest absolute Gasteiger partial charge is 0.462 e. The molecule has 4 aliphatic carbocycles. The number of hydrogen-bond acceptors (Lipinski definition) is 2. The van der Waals surface area contributed by atoms with Crippen LogP contribution >= 0.6 is 0 Å². The lowest BCUT2D eigenvalue weighted by Gasteiger charge is -2.62. The highest BCUT2D eigenvalue weighted by molar-refractivity contribution is 5.72. The van der Waals surface area contributed by atoms with Crippen LogP contribution in [0.2, 0.25) is 0 Å². The number of fused-ring (bicyclic) bond motifs is 7. The van der Waals surface area contributed by atoms with Gasteiger partial charge in [-0.05, 0) is 104 Å². The van der Waals surface area contributed by atoms with Gasteiger partial charge >= 0.3 is 5.97 Å². The molecule has 4 saturated carbocycles. The van der Waals surface area contributed by atoms with Crippen LogP contribution in [-0.2, 0) is 9.53 Å². The minimum atomic E-state index is 0.0858. The Morgan fingerprint density at radius 3 is 2.29 bits per heavy atom. The number of carbonyl (C=O) groups is 1. The van der Waals surface area contributed by atoms with Gasteiger partial charge in [0.05, 0.1) is 6.42 Å². The Kier molecular flexibility index (Phi) is 5.78. The highest BCUT2D eigenvalue weighted by Crippen LogP contribution is 2.69. The third kappa shape index (κ3) is 3.52. The summed E-state index contributed by atoms with van der Waals surface area (Å²) in [5.41, 5.74) is 1.05. The molecule has 1 heterocycles. The first-order valence-corrected chi connectivity index (χ1v) is 13.9. The molecule has 2 heteroatoms. The predicted molar refractivity (Wildman–Crippen MR) is 126 cm³/mol. The molecule has 0 bridgehead atoms. The van der Waals surface area contributed by atoms with E-state index < -0.39 is 0 Å². The molecule has 0 aromatic heterocycles. The first-order valence-electron chi connectivity index (χ1n) is 13.9. The molecular weight excluding hydrogens is 380 g/mol. The monoisotopic (exact) mass is 428 g/mol. The third-order valence-electron chi connectivity index (χ3n) is 11.8. The topological polar surface area (TPSA) is 26.3 Å². The van der Waals surface area contributed by atoms with Gasteiger partial charge in [0.25, 0.3) is 0 Å². The van der Waals surface area contributed by atoms with Crippen molar-refractivity contribution in [2.75, 3.05) is 0 Å². The van der Waals surface area contributed by atoms with E-state index in [1.807, 2.05) is 0 Å². The first-order chi connectivity index (χ1) is 14.7. The highest BCUT2D eigenvalue weighted by atomic mass is 16.5. The van der Waals surface area contributed by atoms with Crippen molar-refractivity contribution < 1.29 is 9.53 Å². The van der Waals surface area contributed by atoms with E-state index in [1.54, 1.807) is 0 Å². The summed E-state index contributed by atoms with van der Waals surface area (Å²) in [4.78, 5) is 12.1. The van der Waals surface area contributed by atoms with Crippen LogP contribution in [0.15, 0.2) is 0 Å². The number of rotatable bonds is 5. The van der Waals surface area contributed by atoms with Crippen LogP contribution in [0.3, 0.4) is 0 Å². The summed E-state index contributed by atoms with van der Waals surface area (Å²) in [5.74, 6) is 6.85. The van der Waals surface area contributed by atoms with E-state index in [0.717, 1.165) is 47.8 Å². The lowest BCUT2D eigenvalue weighted by atomic mass is 9.43. The van der Waals surface area contributed by atoms with Gasteiger partial charge < -0.3 is 4.74 Å². The fourth-order valence-corrected chi connectivity index (χ4v) is 10.3. The van der Waals surface area contributed by atoms with Crippen molar-refractivity contribution >= 4 is 5.97 Å². The molecule has 5 aliphatic rings. The van der Waals surface area contributed by atoms with E-state index in [4.69, 9.17) is 4.74 Å². The summed E-state index contributed by atoms with van der Waals surface area (Å²) in [7, 11) is 0. The zero-order valence-corrected chi connectivity index (χ0v) is 21.0. The van der Waals surface area contributed by atoms with Gasteiger partial charge in [-0.1, -0.05) is 53.9 Å². The van der Waals surface area contributed by atoms with Gasteiger partial charge in [-0.25, -0.2) is 0 Å². The second kappa shape index (κ2) is 8.05. The minimum absolute atomic E-state index is 0.0858. The summed E-state index contributed by atoms with van der Waals surface area (Å²) < 4.78 is 5.73. The molecule has 0 unspecified atom stereocenters. The molecule has 176 valence electrons. The molecule has 1 saturated heterocycles. The second-order valence-electron chi connectivity index (χ2n) is 13.5. The summed E-state index contributed by atoms with van der Waals surface area (Å²) >= 11 is 0. The lowest BCUT2D eigenvalue weighted by Crippen LogP contribution is -2.56. The van der Waals surface area contributed by atoms with E-state index in [1.165, 1.54) is 64.2 Å². The molecule has 2 nitrogen and oxygen atoms in total. The van der Waals surface area contributed by atoms with Crippen LogP contribution < -0.4 is 0 Å². The van der Waals surface area contributed by atoms with E-state index in [2.05, 4.69) is 34.6 Å². The SMILES string of the molecule is CC(C)CCC[C@@H](C)[C@H]1CC[C@H]2[C@@H]3CC[C@H]4[C@@H]5CC(=O)O[C@H]5CC[C@]4(C)[C@H]3CC[C@]12C. The lowest BCUT2D eigenvalue weighted by molar-refractivity contribution is -0.152. The molecule has 0 radical (unpaired) electrons. The van der Waals surface area contributed by atoms with Gasteiger partial charge in [-0.2, -0.15) is 0 Å². The smallest absolute Gasteiger partial charge is 0.306 e. The molecule has 1 aliphatic heterocycles. The van der Waals surface area contributed by atoms with Gasteiger partial charge in [0.2, 0.25) is 0 Å². The zero-order valence-electron chi connectivity index (χ0n) is 21.0. The Balaban J connectivity index is 1.31. The van der Waals surface area contributed by atoms with Crippen LogP contribution in [-0.4, -0.2) is 12.1 Å². The quantitative estimate of drug-likeness (QED) is 0.420. The van der Waals surface area contributed by atoms with Gasteiger partial charge in [0.1, 0.15) is 6.10 Å². The van der Waals surface area contributed by atoms with Crippen LogP contribution in [0.1, 0.15) is 112 Å². The molecule has 0 aromatic carbocycles. The summed E-state index contributed by atoms with van der Waals surface area (Å²) in [6, 6.07) is 0. The Hall–Kier alpha value is -0.530. The Morgan fingerprint density at radius 2 is 1.52 bits per heavy atom. The predicted octanol–water partition coefficient (Wildman–Crippen LogP) is 7.65. The Labute approximate surface area is 191 Å². The second-order valence-corrected chi connectivity index (χ2v) is 13.5. The van der Waals surface area contributed by atoms with Crippen LogP contribution in [0.5, 0.6) is 0 Å². The molecular formula is C29H48O2. The van der Waals surface area contributed by atoms with E-state index in [9.17, 15) is 4.79 Å².